The number of nitrogens with one attached hydrogen (secondary N) is 1. The lowest BCUT2D eigenvalue weighted by Gasteiger charge is -2.18. The highest BCUT2D eigenvalue weighted by atomic mass is 35.5. The van der Waals surface area contributed by atoms with E-state index in [2.05, 4.69) is 10.4 Å². The van der Waals surface area contributed by atoms with Gasteiger partial charge in [0.15, 0.2) is 11.5 Å². The number of carbonyl (C=O) groups excluding carboxylic acids is 1. The van der Waals surface area contributed by atoms with E-state index in [-0.39, 0.29) is 17.9 Å². The molecule has 3 aromatic rings. The lowest BCUT2D eigenvalue weighted by atomic mass is 10.0. The third-order valence-corrected chi connectivity index (χ3v) is 5.50. The summed E-state index contributed by atoms with van der Waals surface area (Å²) in [5, 5.41) is 8.19. The number of ether oxygens (including phenoxy) is 2. The van der Waals surface area contributed by atoms with Gasteiger partial charge in [-0.25, -0.2) is 4.68 Å². The highest BCUT2D eigenvalue weighted by Crippen LogP contribution is 2.32. The van der Waals surface area contributed by atoms with Gasteiger partial charge in [0, 0.05) is 11.4 Å². The lowest BCUT2D eigenvalue weighted by Crippen LogP contribution is -2.27. The van der Waals surface area contributed by atoms with Crippen LogP contribution in [0.15, 0.2) is 48.7 Å². The van der Waals surface area contributed by atoms with E-state index in [1.807, 2.05) is 63.2 Å². The van der Waals surface area contributed by atoms with Crippen LogP contribution in [0.25, 0.3) is 5.69 Å². The first kappa shape index (κ1) is 21.2. The predicted octanol–water partition coefficient (Wildman–Crippen LogP) is 5.30. The highest BCUT2D eigenvalue weighted by Gasteiger charge is 2.23. The summed E-state index contributed by atoms with van der Waals surface area (Å²) in [7, 11) is 0. The third kappa shape index (κ3) is 4.54. The summed E-state index contributed by atoms with van der Waals surface area (Å²) in [6.45, 7) is 7.31. The summed E-state index contributed by atoms with van der Waals surface area (Å²) in [5.41, 5.74) is 3.17. The number of amides is 1. The van der Waals surface area contributed by atoms with Gasteiger partial charge < -0.3 is 14.8 Å². The normalized spacial score (nSPS) is 14.2. The van der Waals surface area contributed by atoms with Crippen molar-refractivity contribution in [2.75, 3.05) is 13.2 Å². The molecule has 162 valence electrons. The van der Waals surface area contributed by atoms with Crippen LogP contribution in [0.1, 0.15) is 60.8 Å². The Bertz CT molecular complexity index is 1090. The van der Waals surface area contributed by atoms with E-state index < -0.39 is 0 Å². The minimum atomic E-state index is -0.209. The van der Waals surface area contributed by atoms with Crippen LogP contribution >= 0.6 is 11.6 Å². The van der Waals surface area contributed by atoms with Crippen molar-refractivity contribution in [3.63, 3.8) is 0 Å². The van der Waals surface area contributed by atoms with Gasteiger partial charge in [0.1, 0.15) is 0 Å². The van der Waals surface area contributed by atoms with E-state index in [0.29, 0.717) is 29.5 Å². The Kier molecular flexibility index (Phi) is 6.18. The van der Waals surface area contributed by atoms with Gasteiger partial charge in [0.2, 0.25) is 0 Å². The van der Waals surface area contributed by atoms with Crippen molar-refractivity contribution >= 4 is 17.5 Å². The molecule has 31 heavy (non-hydrogen) atoms. The van der Waals surface area contributed by atoms with Gasteiger partial charge >= 0.3 is 0 Å². The summed E-state index contributed by atoms with van der Waals surface area (Å²) in [5.74, 6) is 1.38. The van der Waals surface area contributed by atoms with Crippen LogP contribution in [-0.4, -0.2) is 28.9 Å². The van der Waals surface area contributed by atoms with E-state index in [1.165, 1.54) is 0 Å². The molecule has 0 spiro atoms. The molecule has 0 fully saturated rings. The fourth-order valence-corrected chi connectivity index (χ4v) is 3.89. The zero-order valence-corrected chi connectivity index (χ0v) is 18.6. The first-order valence-electron chi connectivity index (χ1n) is 10.5. The van der Waals surface area contributed by atoms with Gasteiger partial charge in [0.05, 0.1) is 42.4 Å². The molecule has 1 unspecified atom stereocenters. The Morgan fingerprint density at radius 1 is 1.10 bits per heavy atom. The zero-order chi connectivity index (χ0) is 22.0. The van der Waals surface area contributed by atoms with Gasteiger partial charge in [-0.3, -0.25) is 4.79 Å². The number of halogens is 1. The molecule has 7 heteroatoms. The number of hydrogen-bond acceptors (Lipinski definition) is 4. The molecule has 1 aliphatic rings. The SMILES string of the molecule is CC(C)c1c(C(=O)NC(C)c2ccc3c(c2)OCCCO3)cnn1-c1cccc(Cl)c1. The van der Waals surface area contributed by atoms with Crippen LogP contribution in [0.2, 0.25) is 5.02 Å². The first-order valence-corrected chi connectivity index (χ1v) is 10.9. The molecule has 1 aliphatic heterocycles. The molecule has 1 atom stereocenters. The lowest BCUT2D eigenvalue weighted by molar-refractivity contribution is 0.0938. The Hall–Kier alpha value is -2.99. The average Bonchev–Trinajstić information content (AvgIpc) is 3.07. The predicted molar refractivity (Wildman–Crippen MR) is 121 cm³/mol. The molecule has 2 heterocycles. The van der Waals surface area contributed by atoms with Crippen molar-refractivity contribution < 1.29 is 14.3 Å². The quantitative estimate of drug-likeness (QED) is 0.585. The van der Waals surface area contributed by atoms with E-state index >= 15 is 0 Å². The standard InChI is InChI=1S/C24H26ClN3O3/c1-15(2)23-20(14-26-28(23)19-7-4-6-18(25)13-19)24(29)27-16(3)17-8-9-21-22(12-17)31-11-5-10-30-21/h4,6-9,12-16H,5,10-11H2,1-3H3,(H,27,29). The molecule has 4 rings (SSSR count). The van der Waals surface area contributed by atoms with E-state index in [9.17, 15) is 4.79 Å². The Morgan fingerprint density at radius 3 is 2.61 bits per heavy atom. The van der Waals surface area contributed by atoms with Crippen molar-refractivity contribution in [2.45, 2.75) is 39.2 Å². The number of nitrogens with zero attached hydrogens (tertiary/aromatic N) is 2. The molecule has 6 nitrogen and oxygen atoms in total. The number of aromatic nitrogens is 2. The van der Waals surface area contributed by atoms with Crippen LogP contribution in [0.4, 0.5) is 0 Å². The Balaban J connectivity index is 1.58. The Labute approximate surface area is 187 Å². The van der Waals surface area contributed by atoms with Gasteiger partial charge in [-0.2, -0.15) is 5.10 Å². The van der Waals surface area contributed by atoms with Crippen molar-refractivity contribution in [3.05, 3.63) is 70.5 Å². The fourth-order valence-electron chi connectivity index (χ4n) is 3.71. The minimum absolute atomic E-state index is 0.0931. The first-order chi connectivity index (χ1) is 14.9. The second-order valence-electron chi connectivity index (χ2n) is 7.94. The molecule has 0 radical (unpaired) electrons. The average molecular weight is 440 g/mol. The van der Waals surface area contributed by atoms with Crippen molar-refractivity contribution in [1.82, 2.24) is 15.1 Å². The summed E-state index contributed by atoms with van der Waals surface area (Å²) in [6.07, 6.45) is 2.47. The summed E-state index contributed by atoms with van der Waals surface area (Å²) in [4.78, 5) is 13.2. The van der Waals surface area contributed by atoms with Gasteiger partial charge in [-0.15, -0.1) is 0 Å². The third-order valence-electron chi connectivity index (χ3n) is 5.27. The highest BCUT2D eigenvalue weighted by molar-refractivity contribution is 6.30. The van der Waals surface area contributed by atoms with Crippen molar-refractivity contribution in [3.8, 4) is 17.2 Å². The van der Waals surface area contributed by atoms with Crippen LogP contribution in [0.5, 0.6) is 11.5 Å². The zero-order valence-electron chi connectivity index (χ0n) is 17.9. The fraction of sp³-hybridized carbons (Fsp3) is 0.333. The molecule has 0 aliphatic carbocycles. The molecule has 0 bridgehead atoms. The summed E-state index contributed by atoms with van der Waals surface area (Å²) >= 11 is 6.15. The molecular formula is C24H26ClN3O3. The van der Waals surface area contributed by atoms with Crippen molar-refractivity contribution in [1.29, 1.82) is 0 Å². The van der Waals surface area contributed by atoms with Gasteiger partial charge in [0.25, 0.3) is 5.91 Å². The topological polar surface area (TPSA) is 65.4 Å². The number of fused-ring (bicyclic) bond motifs is 1. The number of rotatable bonds is 5. The molecule has 1 N–H and O–H groups in total. The maximum absolute atomic E-state index is 13.2. The smallest absolute Gasteiger partial charge is 0.255 e. The second-order valence-corrected chi connectivity index (χ2v) is 8.38. The molecule has 1 aromatic heterocycles. The molecule has 0 saturated heterocycles. The summed E-state index contributed by atoms with van der Waals surface area (Å²) in [6, 6.07) is 13.0. The maximum Gasteiger partial charge on any atom is 0.255 e. The molecular weight excluding hydrogens is 414 g/mol. The number of benzene rings is 2. The van der Waals surface area contributed by atoms with E-state index in [1.54, 1.807) is 10.9 Å². The minimum Gasteiger partial charge on any atom is -0.490 e. The maximum atomic E-state index is 13.2. The molecule has 2 aromatic carbocycles. The second kappa shape index (κ2) is 9.02. The molecule has 1 amide bonds. The van der Waals surface area contributed by atoms with Gasteiger partial charge in [-0.1, -0.05) is 37.6 Å². The van der Waals surface area contributed by atoms with Gasteiger partial charge in [-0.05, 0) is 48.7 Å². The van der Waals surface area contributed by atoms with E-state index in [0.717, 1.165) is 29.1 Å². The Morgan fingerprint density at radius 2 is 1.87 bits per heavy atom. The number of hydrogen-bond donors (Lipinski definition) is 1. The van der Waals surface area contributed by atoms with Crippen LogP contribution in [0.3, 0.4) is 0 Å². The summed E-state index contributed by atoms with van der Waals surface area (Å²) < 4.78 is 13.3. The molecule has 0 saturated carbocycles. The monoisotopic (exact) mass is 439 g/mol. The number of carbonyl (C=O) groups is 1. The van der Waals surface area contributed by atoms with Crippen LogP contribution in [-0.2, 0) is 0 Å². The van der Waals surface area contributed by atoms with Crippen LogP contribution in [0, 0.1) is 0 Å². The van der Waals surface area contributed by atoms with E-state index in [4.69, 9.17) is 21.1 Å². The van der Waals surface area contributed by atoms with Crippen molar-refractivity contribution in [2.24, 2.45) is 0 Å². The largest absolute Gasteiger partial charge is 0.490 e. The van der Waals surface area contributed by atoms with Crippen LogP contribution < -0.4 is 14.8 Å².